The highest BCUT2D eigenvalue weighted by Gasteiger charge is 2.38. The van der Waals surface area contributed by atoms with Crippen LogP contribution in [0.3, 0.4) is 0 Å². The fraction of sp³-hybridized carbons (Fsp3) is 0.158. The highest BCUT2D eigenvalue weighted by molar-refractivity contribution is 7.47. The molecule has 0 saturated heterocycles. The van der Waals surface area contributed by atoms with Crippen LogP contribution in [0.25, 0.3) is 0 Å². The smallest absolute Gasteiger partial charge is 0.0129 e. The minimum atomic E-state index is 0.581. The van der Waals surface area contributed by atoms with E-state index in [9.17, 15) is 0 Å². The van der Waals surface area contributed by atoms with E-state index in [0.717, 1.165) is 8.58 Å². The summed E-state index contributed by atoms with van der Waals surface area (Å²) in [5, 5.41) is 1.47. The van der Waals surface area contributed by atoms with Crippen LogP contribution in [-0.2, 0) is 0 Å². The summed E-state index contributed by atoms with van der Waals surface area (Å²) in [4.78, 5) is 0. The van der Waals surface area contributed by atoms with E-state index in [2.05, 4.69) is 78.9 Å². The van der Waals surface area contributed by atoms with Gasteiger partial charge < -0.3 is 0 Å². The summed E-state index contributed by atoms with van der Waals surface area (Å²) in [6.45, 7) is 0. The molecular formula is C19H17P. The largest absolute Gasteiger partial charge is 0.0821 e. The second-order valence-corrected chi connectivity index (χ2v) is 6.98. The summed E-state index contributed by atoms with van der Waals surface area (Å²) >= 11 is 0. The molecule has 20 heavy (non-hydrogen) atoms. The van der Waals surface area contributed by atoms with E-state index in [1.54, 1.807) is 5.56 Å². The van der Waals surface area contributed by atoms with Gasteiger partial charge in [-0.3, -0.25) is 0 Å². The van der Waals surface area contributed by atoms with Gasteiger partial charge in [0.1, 0.15) is 0 Å². The zero-order chi connectivity index (χ0) is 13.4. The summed E-state index contributed by atoms with van der Waals surface area (Å²) in [5.41, 5.74) is 3.73. The summed E-state index contributed by atoms with van der Waals surface area (Å²) in [7, 11) is 0.850. The number of rotatable bonds is 2. The zero-order valence-corrected chi connectivity index (χ0v) is 12.2. The predicted octanol–water partition coefficient (Wildman–Crippen LogP) is 4.57. The fourth-order valence-electron chi connectivity index (χ4n) is 3.45. The van der Waals surface area contributed by atoms with E-state index in [4.69, 9.17) is 0 Å². The fourth-order valence-corrected chi connectivity index (χ4v) is 5.12. The van der Waals surface area contributed by atoms with Crippen LogP contribution in [0.15, 0.2) is 78.9 Å². The van der Waals surface area contributed by atoms with Crippen LogP contribution < -0.4 is 5.30 Å². The monoisotopic (exact) mass is 276 g/mol. The summed E-state index contributed by atoms with van der Waals surface area (Å²) < 4.78 is 0. The Labute approximate surface area is 122 Å². The average molecular weight is 276 g/mol. The van der Waals surface area contributed by atoms with Crippen LogP contribution >= 0.6 is 8.58 Å². The van der Waals surface area contributed by atoms with Crippen molar-refractivity contribution in [3.8, 4) is 0 Å². The molecular weight excluding hydrogens is 259 g/mol. The second-order valence-electron chi connectivity index (χ2n) is 5.49. The Morgan fingerprint density at radius 1 is 0.700 bits per heavy atom. The van der Waals surface area contributed by atoms with Gasteiger partial charge in [0, 0.05) is 11.6 Å². The van der Waals surface area contributed by atoms with Crippen LogP contribution in [0.2, 0.25) is 0 Å². The third-order valence-electron chi connectivity index (χ3n) is 4.35. The summed E-state index contributed by atoms with van der Waals surface area (Å²) in [6, 6.07) is 19.9. The maximum absolute atomic E-state index is 2.41. The van der Waals surface area contributed by atoms with Gasteiger partial charge in [-0.05, 0) is 22.3 Å². The van der Waals surface area contributed by atoms with Crippen molar-refractivity contribution in [3.63, 3.8) is 0 Å². The second kappa shape index (κ2) is 5.04. The first kappa shape index (κ1) is 12.1. The van der Waals surface area contributed by atoms with Crippen molar-refractivity contribution in [2.45, 2.75) is 11.6 Å². The molecule has 0 spiro atoms. The predicted molar refractivity (Wildman–Crippen MR) is 88.1 cm³/mol. The topological polar surface area (TPSA) is 0 Å². The normalized spacial score (nSPS) is 26.9. The first-order valence-corrected chi connectivity index (χ1v) is 8.26. The molecule has 0 fully saturated rings. The molecule has 0 nitrogen and oxygen atoms in total. The van der Waals surface area contributed by atoms with Gasteiger partial charge in [-0.25, -0.2) is 0 Å². The van der Waals surface area contributed by atoms with Crippen LogP contribution in [-0.4, -0.2) is 0 Å². The Balaban J connectivity index is 1.75. The van der Waals surface area contributed by atoms with E-state index < -0.39 is 0 Å². The van der Waals surface area contributed by atoms with E-state index in [-0.39, 0.29) is 0 Å². The number of allylic oxidation sites excluding steroid dienone is 4. The molecule has 0 aromatic heterocycles. The Morgan fingerprint density at radius 2 is 1.40 bits per heavy atom. The van der Waals surface area contributed by atoms with Crippen LogP contribution in [0, 0.1) is 5.92 Å². The van der Waals surface area contributed by atoms with E-state index in [1.165, 1.54) is 10.9 Å². The van der Waals surface area contributed by atoms with Crippen molar-refractivity contribution in [1.29, 1.82) is 0 Å². The molecule has 0 heterocycles. The molecule has 2 aliphatic rings. The quantitative estimate of drug-likeness (QED) is 0.705. The highest BCUT2D eigenvalue weighted by Crippen LogP contribution is 2.55. The number of benzene rings is 2. The van der Waals surface area contributed by atoms with Gasteiger partial charge in [0.2, 0.25) is 0 Å². The van der Waals surface area contributed by atoms with Crippen molar-refractivity contribution in [1.82, 2.24) is 0 Å². The minimum Gasteiger partial charge on any atom is -0.0821 e. The van der Waals surface area contributed by atoms with Crippen LogP contribution in [0.5, 0.6) is 0 Å². The van der Waals surface area contributed by atoms with E-state index in [0.29, 0.717) is 17.5 Å². The van der Waals surface area contributed by atoms with Crippen LogP contribution in [0.1, 0.15) is 22.7 Å². The molecule has 2 aromatic carbocycles. The van der Waals surface area contributed by atoms with Crippen LogP contribution in [0.4, 0.5) is 0 Å². The minimum absolute atomic E-state index is 0.581. The van der Waals surface area contributed by atoms with Gasteiger partial charge in [0.05, 0.1) is 0 Å². The van der Waals surface area contributed by atoms with E-state index in [1.807, 2.05) is 0 Å². The molecule has 0 N–H and O–H groups in total. The van der Waals surface area contributed by atoms with Crippen molar-refractivity contribution >= 4 is 13.9 Å². The maximum atomic E-state index is 2.41. The standard InChI is InChI=1S/C19H17P/c1-2-8-14(9-3-1)20-19-17-12-6-4-10-15(17)16-11-5-7-13-18(16)19/h1-13,15,17,19-20H. The third-order valence-corrected chi connectivity index (χ3v) is 6.02. The molecule has 0 saturated carbocycles. The SMILES string of the molecule is C1=CC2c3ccccc3C(Pc3ccccc3)C2C=C1. The van der Waals surface area contributed by atoms with Crippen molar-refractivity contribution < 1.29 is 0 Å². The molecule has 2 aromatic rings. The molecule has 0 aliphatic heterocycles. The van der Waals surface area contributed by atoms with Gasteiger partial charge in [0.15, 0.2) is 0 Å². The Kier molecular flexibility index (Phi) is 3.05. The van der Waals surface area contributed by atoms with Gasteiger partial charge in [-0.1, -0.05) is 87.5 Å². The average Bonchev–Trinajstić information content (AvgIpc) is 2.84. The Morgan fingerprint density at radius 3 is 2.25 bits per heavy atom. The third kappa shape index (κ3) is 1.96. The number of hydrogen-bond acceptors (Lipinski definition) is 0. The van der Waals surface area contributed by atoms with Crippen molar-refractivity contribution in [3.05, 3.63) is 90.0 Å². The molecule has 4 unspecified atom stereocenters. The molecule has 98 valence electrons. The molecule has 0 amide bonds. The first-order valence-electron chi connectivity index (χ1n) is 7.19. The lowest BCUT2D eigenvalue weighted by Gasteiger charge is -2.22. The molecule has 2 aliphatic carbocycles. The van der Waals surface area contributed by atoms with Gasteiger partial charge in [-0.15, -0.1) is 0 Å². The first-order chi connectivity index (χ1) is 9.93. The van der Waals surface area contributed by atoms with E-state index >= 15 is 0 Å². The molecule has 0 bridgehead atoms. The zero-order valence-electron chi connectivity index (χ0n) is 11.2. The van der Waals surface area contributed by atoms with Crippen molar-refractivity contribution in [2.24, 2.45) is 5.92 Å². The van der Waals surface area contributed by atoms with Gasteiger partial charge in [-0.2, -0.15) is 0 Å². The maximum Gasteiger partial charge on any atom is 0.0129 e. The molecule has 0 radical (unpaired) electrons. The molecule has 1 heteroatoms. The molecule has 4 atom stereocenters. The summed E-state index contributed by atoms with van der Waals surface area (Å²) in [6.07, 6.45) is 9.20. The van der Waals surface area contributed by atoms with Gasteiger partial charge >= 0.3 is 0 Å². The lowest BCUT2D eigenvalue weighted by Crippen LogP contribution is -2.09. The highest BCUT2D eigenvalue weighted by atomic mass is 31.1. The summed E-state index contributed by atoms with van der Waals surface area (Å²) in [5.74, 6) is 1.22. The lowest BCUT2D eigenvalue weighted by molar-refractivity contribution is 0.618. The lowest BCUT2D eigenvalue weighted by atomic mass is 9.89. The molecule has 4 rings (SSSR count). The van der Waals surface area contributed by atoms with Gasteiger partial charge in [0.25, 0.3) is 0 Å². The Bertz CT molecular complexity index is 669. The number of hydrogen-bond donors (Lipinski definition) is 0. The Hall–Kier alpha value is -1.65. The van der Waals surface area contributed by atoms with Crippen molar-refractivity contribution in [2.75, 3.05) is 0 Å². The number of fused-ring (bicyclic) bond motifs is 3.